The molecule has 1 fully saturated rings. The van der Waals surface area contributed by atoms with Gasteiger partial charge in [0.2, 0.25) is 0 Å². The van der Waals surface area contributed by atoms with Crippen molar-refractivity contribution in [3.8, 4) is 0 Å². The fourth-order valence-electron chi connectivity index (χ4n) is 2.08. The quantitative estimate of drug-likeness (QED) is 0.893. The molecule has 0 aliphatic heterocycles. The zero-order chi connectivity index (χ0) is 14.1. The third-order valence-corrected chi connectivity index (χ3v) is 3.34. The van der Waals surface area contributed by atoms with Crippen LogP contribution in [0.2, 0.25) is 0 Å². The molecular weight excluding hydrogens is 250 g/mol. The topological polar surface area (TPSA) is 67.1 Å². The van der Waals surface area contributed by atoms with E-state index in [-0.39, 0.29) is 0 Å². The van der Waals surface area contributed by atoms with Gasteiger partial charge in [-0.3, -0.25) is 0 Å². The van der Waals surface area contributed by atoms with E-state index in [0.717, 1.165) is 23.0 Å². The summed E-state index contributed by atoms with van der Waals surface area (Å²) in [6.45, 7) is 0. The molecule has 3 rings (SSSR count). The van der Waals surface area contributed by atoms with Crippen molar-refractivity contribution in [2.75, 3.05) is 30.0 Å². The van der Waals surface area contributed by atoms with E-state index >= 15 is 0 Å². The summed E-state index contributed by atoms with van der Waals surface area (Å²) in [5.41, 5.74) is 7.99. The molecular formula is C15H19N5. The van der Waals surface area contributed by atoms with E-state index in [9.17, 15) is 0 Å². The van der Waals surface area contributed by atoms with Gasteiger partial charge in [-0.2, -0.15) is 0 Å². The van der Waals surface area contributed by atoms with Crippen LogP contribution in [0.15, 0.2) is 30.3 Å². The highest BCUT2D eigenvalue weighted by Gasteiger charge is 2.27. The smallest absolute Gasteiger partial charge is 0.136 e. The van der Waals surface area contributed by atoms with Crippen molar-refractivity contribution in [2.24, 2.45) is 0 Å². The summed E-state index contributed by atoms with van der Waals surface area (Å²) in [6, 6.07) is 9.95. The molecule has 0 amide bonds. The van der Waals surface area contributed by atoms with Gasteiger partial charge in [0.25, 0.3) is 0 Å². The molecule has 1 heterocycles. The fraction of sp³-hybridized carbons (Fsp3) is 0.333. The Labute approximate surface area is 118 Å². The molecule has 104 valence electrons. The minimum absolute atomic E-state index is 0.493. The van der Waals surface area contributed by atoms with E-state index in [0.29, 0.717) is 11.7 Å². The molecule has 1 aromatic heterocycles. The minimum atomic E-state index is 0.493. The van der Waals surface area contributed by atoms with Crippen molar-refractivity contribution >= 4 is 23.0 Å². The summed E-state index contributed by atoms with van der Waals surface area (Å²) in [4.78, 5) is 10.9. The van der Waals surface area contributed by atoms with Gasteiger partial charge in [-0.25, -0.2) is 9.97 Å². The normalized spacial score (nSPS) is 14.1. The van der Waals surface area contributed by atoms with Gasteiger partial charge >= 0.3 is 0 Å². The predicted molar refractivity (Wildman–Crippen MR) is 82.5 cm³/mol. The lowest BCUT2D eigenvalue weighted by Crippen LogP contribution is -2.08. The number of nitrogens with zero attached hydrogens (tertiary/aromatic N) is 3. The molecule has 0 unspecified atom stereocenters. The van der Waals surface area contributed by atoms with Crippen LogP contribution < -0.4 is 16.0 Å². The van der Waals surface area contributed by atoms with Crippen LogP contribution in [0, 0.1) is 0 Å². The van der Waals surface area contributed by atoms with E-state index in [4.69, 9.17) is 5.73 Å². The Morgan fingerprint density at radius 3 is 2.70 bits per heavy atom. The first-order valence-electron chi connectivity index (χ1n) is 6.81. The number of nitrogens with two attached hydrogens (primary N) is 1. The zero-order valence-corrected chi connectivity index (χ0v) is 11.8. The number of aromatic nitrogens is 2. The van der Waals surface area contributed by atoms with E-state index in [1.165, 1.54) is 12.8 Å². The van der Waals surface area contributed by atoms with Crippen LogP contribution in [0.4, 0.5) is 23.0 Å². The van der Waals surface area contributed by atoms with E-state index in [1.54, 1.807) is 6.07 Å². The summed E-state index contributed by atoms with van der Waals surface area (Å²) in [7, 11) is 4.04. The Hall–Kier alpha value is -2.30. The van der Waals surface area contributed by atoms with Crippen molar-refractivity contribution in [1.29, 1.82) is 0 Å². The highest BCUT2D eigenvalue weighted by Crippen LogP contribution is 2.38. The summed E-state index contributed by atoms with van der Waals surface area (Å²) in [6.07, 6.45) is 2.33. The van der Waals surface area contributed by atoms with Crippen LogP contribution in [0.5, 0.6) is 0 Å². The number of rotatable bonds is 4. The van der Waals surface area contributed by atoms with Gasteiger partial charge in [0.05, 0.1) is 0 Å². The molecule has 1 aliphatic rings. The van der Waals surface area contributed by atoms with E-state index in [2.05, 4.69) is 32.3 Å². The molecule has 0 bridgehead atoms. The largest absolute Gasteiger partial charge is 0.384 e. The molecule has 1 saturated carbocycles. The Morgan fingerprint density at radius 1 is 1.20 bits per heavy atom. The van der Waals surface area contributed by atoms with Crippen molar-refractivity contribution in [3.05, 3.63) is 36.2 Å². The molecule has 0 radical (unpaired) electrons. The predicted octanol–water partition coefficient (Wildman–Crippen LogP) is 2.75. The van der Waals surface area contributed by atoms with Crippen molar-refractivity contribution < 1.29 is 0 Å². The minimum Gasteiger partial charge on any atom is -0.384 e. The molecule has 20 heavy (non-hydrogen) atoms. The second-order valence-electron chi connectivity index (χ2n) is 5.38. The van der Waals surface area contributed by atoms with Gasteiger partial charge in [-0.15, -0.1) is 0 Å². The summed E-state index contributed by atoms with van der Waals surface area (Å²) in [5, 5.41) is 3.31. The average molecular weight is 269 g/mol. The summed E-state index contributed by atoms with van der Waals surface area (Å²) < 4.78 is 0. The van der Waals surface area contributed by atoms with Crippen LogP contribution in [-0.4, -0.2) is 24.1 Å². The van der Waals surface area contributed by atoms with Gasteiger partial charge in [-0.1, -0.05) is 6.07 Å². The lowest BCUT2D eigenvalue weighted by atomic mass is 10.2. The van der Waals surface area contributed by atoms with Gasteiger partial charge in [0.1, 0.15) is 17.5 Å². The lowest BCUT2D eigenvalue weighted by molar-refractivity contribution is 0.936. The van der Waals surface area contributed by atoms with Crippen LogP contribution >= 0.6 is 0 Å². The Morgan fingerprint density at radius 2 is 2.00 bits per heavy atom. The Kier molecular flexibility index (Phi) is 3.18. The maximum Gasteiger partial charge on any atom is 0.136 e. The number of nitrogen functional groups attached to an aromatic ring is 1. The summed E-state index contributed by atoms with van der Waals surface area (Å²) >= 11 is 0. The Bertz CT molecular complexity index is 619. The number of anilines is 4. The average Bonchev–Trinajstić information content (AvgIpc) is 3.22. The molecule has 1 aliphatic carbocycles. The number of hydrogen-bond acceptors (Lipinski definition) is 5. The first-order valence-corrected chi connectivity index (χ1v) is 6.81. The number of hydrogen-bond donors (Lipinski definition) is 2. The van der Waals surface area contributed by atoms with Gasteiger partial charge in [0, 0.05) is 37.5 Å². The monoisotopic (exact) mass is 269 g/mol. The van der Waals surface area contributed by atoms with Gasteiger partial charge in [0.15, 0.2) is 0 Å². The molecule has 5 heteroatoms. The molecule has 0 saturated heterocycles. The van der Waals surface area contributed by atoms with Crippen LogP contribution in [0.25, 0.3) is 0 Å². The second kappa shape index (κ2) is 5.00. The molecule has 3 N–H and O–H groups in total. The first kappa shape index (κ1) is 12.7. The highest BCUT2D eigenvalue weighted by atomic mass is 15.1. The second-order valence-corrected chi connectivity index (χ2v) is 5.38. The highest BCUT2D eigenvalue weighted by molar-refractivity contribution is 5.64. The van der Waals surface area contributed by atoms with Crippen LogP contribution in [0.1, 0.15) is 24.6 Å². The lowest BCUT2D eigenvalue weighted by Gasteiger charge is -2.14. The summed E-state index contributed by atoms with van der Waals surface area (Å²) in [5.74, 6) is 2.63. The fourth-order valence-corrected chi connectivity index (χ4v) is 2.08. The van der Waals surface area contributed by atoms with Crippen LogP contribution in [0.3, 0.4) is 0 Å². The van der Waals surface area contributed by atoms with Gasteiger partial charge in [-0.05, 0) is 31.0 Å². The number of benzene rings is 1. The van der Waals surface area contributed by atoms with Crippen molar-refractivity contribution in [1.82, 2.24) is 9.97 Å². The molecule has 1 aromatic carbocycles. The van der Waals surface area contributed by atoms with Crippen LogP contribution in [-0.2, 0) is 0 Å². The maximum atomic E-state index is 5.86. The SMILES string of the molecule is CN(C)c1cccc(Nc2cc(N)nc(C3CC3)n2)c1. The third-order valence-electron chi connectivity index (χ3n) is 3.34. The van der Waals surface area contributed by atoms with Gasteiger partial charge < -0.3 is 16.0 Å². The molecule has 0 atom stereocenters. The zero-order valence-electron chi connectivity index (χ0n) is 11.8. The molecule has 5 nitrogen and oxygen atoms in total. The standard InChI is InChI=1S/C15H19N5/c1-20(2)12-5-3-4-11(8-12)17-14-9-13(16)18-15(19-14)10-6-7-10/h3-5,8-10H,6-7H2,1-2H3,(H3,16,17,18,19). The first-order chi connectivity index (χ1) is 9.61. The van der Waals surface area contributed by atoms with E-state index < -0.39 is 0 Å². The Balaban J connectivity index is 1.85. The maximum absolute atomic E-state index is 5.86. The number of nitrogens with one attached hydrogen (secondary N) is 1. The van der Waals surface area contributed by atoms with Crippen molar-refractivity contribution in [2.45, 2.75) is 18.8 Å². The third kappa shape index (κ3) is 2.82. The van der Waals surface area contributed by atoms with Crippen molar-refractivity contribution in [3.63, 3.8) is 0 Å². The molecule has 0 spiro atoms. The molecule has 2 aromatic rings. The van der Waals surface area contributed by atoms with E-state index in [1.807, 2.05) is 26.2 Å².